The number of anilines is 1. The smallest absolute Gasteiger partial charge is 0.238 e. The van der Waals surface area contributed by atoms with E-state index in [1.165, 1.54) is 12.1 Å². The molecule has 2 aromatic rings. The van der Waals surface area contributed by atoms with E-state index in [1.807, 2.05) is 43.3 Å². The van der Waals surface area contributed by atoms with Crippen molar-refractivity contribution < 1.29 is 13.2 Å². The van der Waals surface area contributed by atoms with E-state index in [9.17, 15) is 13.2 Å². The summed E-state index contributed by atoms with van der Waals surface area (Å²) < 4.78 is 22.5. The lowest BCUT2D eigenvalue weighted by atomic mass is 10.1. The van der Waals surface area contributed by atoms with Gasteiger partial charge in [0, 0.05) is 39.8 Å². The summed E-state index contributed by atoms with van der Waals surface area (Å²) in [5.74, 6) is 0.0391. The fourth-order valence-corrected chi connectivity index (χ4v) is 3.06. The predicted molar refractivity (Wildman–Crippen MR) is 103 cm³/mol. The number of benzene rings is 2. The van der Waals surface area contributed by atoms with Crippen LogP contribution in [0, 0.1) is 0 Å². The summed E-state index contributed by atoms with van der Waals surface area (Å²) in [7, 11) is 2.07. The van der Waals surface area contributed by atoms with E-state index in [4.69, 9.17) is 5.14 Å². The highest BCUT2D eigenvalue weighted by atomic mass is 32.2. The molecule has 0 aliphatic heterocycles. The van der Waals surface area contributed by atoms with Gasteiger partial charge in [-0.2, -0.15) is 0 Å². The molecule has 1 amide bonds. The summed E-state index contributed by atoms with van der Waals surface area (Å²) >= 11 is 0. The van der Waals surface area contributed by atoms with E-state index in [0.717, 1.165) is 16.8 Å². The van der Waals surface area contributed by atoms with Crippen molar-refractivity contribution in [1.82, 2.24) is 4.90 Å². The second-order valence-electron chi connectivity index (χ2n) is 6.50. The highest BCUT2D eigenvalue weighted by Crippen LogP contribution is 2.14. The number of rotatable bonds is 7. The number of primary sulfonamides is 1. The molecule has 0 radical (unpaired) electrons. The Hall–Kier alpha value is -2.38. The SMILES string of the molecule is CN(Cc1ccc(N(C)C)cc1)C(=O)CCc1ccc(S(N)(=O)=O)cc1. The van der Waals surface area contributed by atoms with Crippen molar-refractivity contribution in [3.05, 3.63) is 59.7 Å². The first-order valence-corrected chi connectivity index (χ1v) is 9.83. The average molecular weight is 375 g/mol. The van der Waals surface area contributed by atoms with Gasteiger partial charge in [-0.25, -0.2) is 13.6 Å². The van der Waals surface area contributed by atoms with Gasteiger partial charge in [-0.1, -0.05) is 24.3 Å². The van der Waals surface area contributed by atoms with Crippen LogP contribution in [0.3, 0.4) is 0 Å². The number of hydrogen-bond acceptors (Lipinski definition) is 4. The molecule has 0 unspecified atom stereocenters. The Morgan fingerprint density at radius 3 is 1.96 bits per heavy atom. The monoisotopic (exact) mass is 375 g/mol. The van der Waals surface area contributed by atoms with Gasteiger partial charge < -0.3 is 9.80 Å². The van der Waals surface area contributed by atoms with Crippen molar-refractivity contribution in [2.75, 3.05) is 26.0 Å². The molecule has 6 nitrogen and oxygen atoms in total. The third-order valence-electron chi connectivity index (χ3n) is 4.18. The number of aryl methyl sites for hydroxylation is 1. The fraction of sp³-hybridized carbons (Fsp3) is 0.316. The van der Waals surface area contributed by atoms with Crippen molar-refractivity contribution in [1.29, 1.82) is 0 Å². The van der Waals surface area contributed by atoms with E-state index >= 15 is 0 Å². The molecule has 140 valence electrons. The number of amides is 1. The van der Waals surface area contributed by atoms with Gasteiger partial charge in [0.1, 0.15) is 0 Å². The van der Waals surface area contributed by atoms with Crippen LogP contribution in [0.5, 0.6) is 0 Å². The third-order valence-corrected chi connectivity index (χ3v) is 5.11. The molecule has 0 aliphatic rings. The standard InChI is InChI=1S/C19H25N3O3S/c1-21(2)17-9-4-16(5-10-17)14-22(3)19(23)13-8-15-6-11-18(12-7-15)26(20,24)25/h4-7,9-12H,8,13-14H2,1-3H3,(H2,20,24,25). The lowest BCUT2D eigenvalue weighted by molar-refractivity contribution is -0.130. The quantitative estimate of drug-likeness (QED) is 0.802. The molecule has 2 aromatic carbocycles. The van der Waals surface area contributed by atoms with E-state index in [-0.39, 0.29) is 10.8 Å². The van der Waals surface area contributed by atoms with Crippen LogP contribution in [0.2, 0.25) is 0 Å². The van der Waals surface area contributed by atoms with Crippen LogP contribution in [0.25, 0.3) is 0 Å². The van der Waals surface area contributed by atoms with Gasteiger partial charge in [0.15, 0.2) is 0 Å². The Morgan fingerprint density at radius 2 is 1.46 bits per heavy atom. The summed E-state index contributed by atoms with van der Waals surface area (Å²) in [6.07, 6.45) is 0.911. The first kappa shape index (κ1) is 19.9. The van der Waals surface area contributed by atoms with Crippen molar-refractivity contribution in [2.45, 2.75) is 24.3 Å². The molecule has 2 rings (SSSR count). The Labute approximate surface area is 155 Å². The van der Waals surface area contributed by atoms with Gasteiger partial charge in [-0.15, -0.1) is 0 Å². The second kappa shape index (κ2) is 8.33. The Balaban J connectivity index is 1.88. The maximum Gasteiger partial charge on any atom is 0.238 e. The summed E-state index contributed by atoms with van der Waals surface area (Å²) in [5, 5.41) is 5.08. The van der Waals surface area contributed by atoms with Crippen LogP contribution in [0.4, 0.5) is 5.69 Å². The molecule has 0 bridgehead atoms. The van der Waals surface area contributed by atoms with E-state index in [0.29, 0.717) is 19.4 Å². The van der Waals surface area contributed by atoms with Crippen LogP contribution in [-0.4, -0.2) is 40.4 Å². The van der Waals surface area contributed by atoms with E-state index in [1.54, 1.807) is 24.1 Å². The van der Waals surface area contributed by atoms with Crippen LogP contribution in [0.1, 0.15) is 17.5 Å². The average Bonchev–Trinajstić information content (AvgIpc) is 2.59. The fourth-order valence-electron chi connectivity index (χ4n) is 2.55. The molecule has 0 saturated heterocycles. The summed E-state index contributed by atoms with van der Waals surface area (Å²) in [6, 6.07) is 14.4. The lowest BCUT2D eigenvalue weighted by Gasteiger charge is -2.18. The minimum Gasteiger partial charge on any atom is -0.378 e. The van der Waals surface area contributed by atoms with Crippen molar-refractivity contribution in [3.8, 4) is 0 Å². The van der Waals surface area contributed by atoms with Gasteiger partial charge >= 0.3 is 0 Å². The molecule has 0 fully saturated rings. The minimum atomic E-state index is -3.69. The first-order chi connectivity index (χ1) is 12.2. The zero-order valence-corrected chi connectivity index (χ0v) is 16.2. The van der Waals surface area contributed by atoms with Gasteiger partial charge in [-0.3, -0.25) is 4.79 Å². The van der Waals surface area contributed by atoms with Crippen LogP contribution >= 0.6 is 0 Å². The molecular formula is C19H25N3O3S. The maximum atomic E-state index is 12.3. The number of nitrogens with zero attached hydrogens (tertiary/aromatic N) is 2. The zero-order chi connectivity index (χ0) is 19.3. The molecule has 0 spiro atoms. The number of hydrogen-bond donors (Lipinski definition) is 1. The third kappa shape index (κ3) is 5.57. The summed E-state index contributed by atoms with van der Waals surface area (Å²) in [6.45, 7) is 0.552. The molecular weight excluding hydrogens is 350 g/mol. The predicted octanol–water partition coefficient (Wildman–Crippen LogP) is 1.99. The Bertz CT molecular complexity index is 845. The van der Waals surface area contributed by atoms with Crippen molar-refractivity contribution in [2.24, 2.45) is 5.14 Å². The highest BCUT2D eigenvalue weighted by Gasteiger charge is 2.11. The second-order valence-corrected chi connectivity index (χ2v) is 8.06. The van der Waals surface area contributed by atoms with Gasteiger partial charge in [0.25, 0.3) is 0 Å². The van der Waals surface area contributed by atoms with Crippen molar-refractivity contribution in [3.63, 3.8) is 0 Å². The van der Waals surface area contributed by atoms with Crippen LogP contribution in [-0.2, 0) is 27.8 Å². The van der Waals surface area contributed by atoms with E-state index < -0.39 is 10.0 Å². The Morgan fingerprint density at radius 1 is 0.923 bits per heavy atom. The van der Waals surface area contributed by atoms with Gasteiger partial charge in [0.05, 0.1) is 4.90 Å². The van der Waals surface area contributed by atoms with Crippen LogP contribution < -0.4 is 10.0 Å². The van der Waals surface area contributed by atoms with Gasteiger partial charge in [0.2, 0.25) is 15.9 Å². The first-order valence-electron chi connectivity index (χ1n) is 8.29. The van der Waals surface area contributed by atoms with Gasteiger partial charge in [-0.05, 0) is 41.8 Å². The number of carbonyl (C=O) groups excluding carboxylic acids is 1. The number of nitrogens with two attached hydrogens (primary N) is 1. The summed E-state index contributed by atoms with van der Waals surface area (Å²) in [4.78, 5) is 16.1. The molecule has 2 N–H and O–H groups in total. The maximum absolute atomic E-state index is 12.3. The van der Waals surface area contributed by atoms with Crippen LogP contribution in [0.15, 0.2) is 53.4 Å². The lowest BCUT2D eigenvalue weighted by Crippen LogP contribution is -2.26. The molecule has 0 saturated carbocycles. The Kier molecular flexibility index (Phi) is 6.39. The van der Waals surface area contributed by atoms with Crippen molar-refractivity contribution >= 4 is 21.6 Å². The largest absolute Gasteiger partial charge is 0.378 e. The molecule has 0 aromatic heterocycles. The highest BCUT2D eigenvalue weighted by molar-refractivity contribution is 7.89. The molecule has 7 heteroatoms. The molecule has 0 heterocycles. The molecule has 0 aliphatic carbocycles. The zero-order valence-electron chi connectivity index (χ0n) is 15.3. The topological polar surface area (TPSA) is 83.7 Å². The number of carbonyl (C=O) groups is 1. The normalized spacial score (nSPS) is 11.2. The molecule has 0 atom stereocenters. The minimum absolute atomic E-state index is 0.0391. The molecule has 26 heavy (non-hydrogen) atoms. The van der Waals surface area contributed by atoms with E-state index in [2.05, 4.69) is 0 Å². The number of sulfonamides is 1. The summed E-state index contributed by atoms with van der Waals surface area (Å²) in [5.41, 5.74) is 3.09.